The minimum absolute atomic E-state index is 0.101. The summed E-state index contributed by atoms with van der Waals surface area (Å²) < 4.78 is 5.14. The topological polar surface area (TPSA) is 41.6 Å². The molecule has 0 aliphatic carbocycles. The van der Waals surface area contributed by atoms with Gasteiger partial charge in [0.15, 0.2) is 0 Å². The molecule has 0 aromatic rings. The largest absolute Gasteiger partial charge is 0.465 e. The molecule has 4 nitrogen and oxygen atoms in total. The van der Waals surface area contributed by atoms with Crippen LogP contribution in [0.3, 0.4) is 0 Å². The molecular formula is C15H30N2O2. The lowest BCUT2D eigenvalue weighted by Crippen LogP contribution is -2.42. The third kappa shape index (κ3) is 5.49. The van der Waals surface area contributed by atoms with Crippen molar-refractivity contribution in [3.8, 4) is 0 Å². The lowest BCUT2D eigenvalue weighted by molar-refractivity contribution is -0.145. The minimum atomic E-state index is -0.150. The molecule has 19 heavy (non-hydrogen) atoms. The van der Waals surface area contributed by atoms with Gasteiger partial charge in [-0.25, -0.2) is 0 Å². The Morgan fingerprint density at radius 3 is 2.68 bits per heavy atom. The Hall–Kier alpha value is -0.610. The van der Waals surface area contributed by atoms with Gasteiger partial charge in [0.05, 0.1) is 6.61 Å². The fourth-order valence-electron chi connectivity index (χ4n) is 2.86. The van der Waals surface area contributed by atoms with Crippen LogP contribution in [0, 0.1) is 5.92 Å². The van der Waals surface area contributed by atoms with E-state index in [2.05, 4.69) is 31.0 Å². The van der Waals surface area contributed by atoms with Crippen LogP contribution in [-0.2, 0) is 9.53 Å². The summed E-state index contributed by atoms with van der Waals surface area (Å²) in [6, 6.07) is 0.493. The molecule has 1 fully saturated rings. The Labute approximate surface area is 117 Å². The molecule has 0 amide bonds. The maximum Gasteiger partial charge on any atom is 0.323 e. The molecule has 0 saturated carbocycles. The summed E-state index contributed by atoms with van der Waals surface area (Å²) in [5.74, 6) is 0.676. The summed E-state index contributed by atoms with van der Waals surface area (Å²) >= 11 is 0. The highest BCUT2D eigenvalue weighted by Crippen LogP contribution is 2.22. The standard InChI is InChI=1S/C15H30N2O2/c1-5-8-16-14(15(18)19-6-2)7-9-17-11-12(3)10-13(17)4/h12-14,16H,5-11H2,1-4H3. The van der Waals surface area contributed by atoms with Gasteiger partial charge in [-0.15, -0.1) is 0 Å². The molecule has 112 valence electrons. The van der Waals surface area contributed by atoms with Crippen molar-refractivity contribution < 1.29 is 9.53 Å². The van der Waals surface area contributed by atoms with Crippen molar-refractivity contribution in [3.05, 3.63) is 0 Å². The van der Waals surface area contributed by atoms with Crippen LogP contribution in [-0.4, -0.2) is 49.2 Å². The molecule has 0 bridgehead atoms. The molecule has 1 aliphatic heterocycles. The average molecular weight is 270 g/mol. The van der Waals surface area contributed by atoms with E-state index in [1.165, 1.54) is 6.42 Å². The van der Waals surface area contributed by atoms with E-state index >= 15 is 0 Å². The van der Waals surface area contributed by atoms with Gasteiger partial charge >= 0.3 is 5.97 Å². The van der Waals surface area contributed by atoms with Crippen LogP contribution in [0.2, 0.25) is 0 Å². The Morgan fingerprint density at radius 2 is 2.16 bits per heavy atom. The van der Waals surface area contributed by atoms with E-state index in [1.54, 1.807) is 0 Å². The van der Waals surface area contributed by atoms with E-state index in [0.29, 0.717) is 12.6 Å². The van der Waals surface area contributed by atoms with Crippen LogP contribution in [0.15, 0.2) is 0 Å². The van der Waals surface area contributed by atoms with Gasteiger partial charge in [-0.3, -0.25) is 4.79 Å². The van der Waals surface area contributed by atoms with Gasteiger partial charge in [-0.05, 0) is 45.6 Å². The number of nitrogens with zero attached hydrogens (tertiary/aromatic N) is 1. The number of hydrogen-bond donors (Lipinski definition) is 1. The van der Waals surface area contributed by atoms with E-state index in [-0.39, 0.29) is 12.0 Å². The molecule has 0 aromatic carbocycles. The van der Waals surface area contributed by atoms with Crippen LogP contribution in [0.4, 0.5) is 0 Å². The van der Waals surface area contributed by atoms with E-state index in [4.69, 9.17) is 4.74 Å². The molecule has 1 heterocycles. The van der Waals surface area contributed by atoms with Crippen LogP contribution in [0.25, 0.3) is 0 Å². The summed E-state index contributed by atoms with van der Waals surface area (Å²) in [4.78, 5) is 14.4. The molecule has 1 rings (SSSR count). The molecule has 4 heteroatoms. The summed E-state index contributed by atoms with van der Waals surface area (Å²) in [6.07, 6.45) is 3.15. The number of likely N-dealkylation sites (tertiary alicyclic amines) is 1. The number of ether oxygens (including phenoxy) is 1. The van der Waals surface area contributed by atoms with E-state index < -0.39 is 0 Å². The van der Waals surface area contributed by atoms with E-state index in [1.807, 2.05) is 6.92 Å². The van der Waals surface area contributed by atoms with Gasteiger partial charge < -0.3 is 15.0 Å². The molecular weight excluding hydrogens is 240 g/mol. The first-order valence-electron chi connectivity index (χ1n) is 7.72. The van der Waals surface area contributed by atoms with Crippen molar-refractivity contribution in [2.24, 2.45) is 5.92 Å². The van der Waals surface area contributed by atoms with Crippen molar-refractivity contribution in [2.45, 2.75) is 59.0 Å². The first-order chi connectivity index (χ1) is 9.08. The highest BCUT2D eigenvalue weighted by Gasteiger charge is 2.27. The molecule has 1 aliphatic rings. The number of esters is 1. The minimum Gasteiger partial charge on any atom is -0.465 e. The number of rotatable bonds is 8. The van der Waals surface area contributed by atoms with Gasteiger partial charge in [0.1, 0.15) is 6.04 Å². The van der Waals surface area contributed by atoms with Crippen LogP contribution in [0.5, 0.6) is 0 Å². The zero-order valence-electron chi connectivity index (χ0n) is 12.9. The fourth-order valence-corrected chi connectivity index (χ4v) is 2.86. The number of carbonyl (C=O) groups excluding carboxylic acids is 1. The average Bonchev–Trinajstić information content (AvgIpc) is 2.68. The van der Waals surface area contributed by atoms with E-state index in [9.17, 15) is 4.79 Å². The Morgan fingerprint density at radius 1 is 1.42 bits per heavy atom. The van der Waals surface area contributed by atoms with Gasteiger partial charge in [-0.1, -0.05) is 13.8 Å². The highest BCUT2D eigenvalue weighted by atomic mass is 16.5. The maximum absolute atomic E-state index is 11.9. The Bertz CT molecular complexity index is 271. The predicted octanol–water partition coefficient (Wildman–Crippen LogP) is 2.04. The van der Waals surface area contributed by atoms with Crippen LogP contribution in [0.1, 0.15) is 47.0 Å². The lowest BCUT2D eigenvalue weighted by atomic mass is 10.1. The van der Waals surface area contributed by atoms with E-state index in [0.717, 1.165) is 38.4 Å². The van der Waals surface area contributed by atoms with Gasteiger partial charge in [0.2, 0.25) is 0 Å². The van der Waals surface area contributed by atoms with Crippen molar-refractivity contribution in [2.75, 3.05) is 26.2 Å². The third-order valence-corrected chi connectivity index (χ3v) is 3.83. The zero-order valence-corrected chi connectivity index (χ0v) is 12.9. The quantitative estimate of drug-likeness (QED) is 0.685. The van der Waals surface area contributed by atoms with Crippen molar-refractivity contribution in [3.63, 3.8) is 0 Å². The molecule has 0 aromatic heterocycles. The van der Waals surface area contributed by atoms with Crippen molar-refractivity contribution >= 4 is 5.97 Å². The predicted molar refractivity (Wildman–Crippen MR) is 78.1 cm³/mol. The Kier molecular flexibility index (Phi) is 7.39. The molecule has 0 spiro atoms. The third-order valence-electron chi connectivity index (χ3n) is 3.83. The first-order valence-corrected chi connectivity index (χ1v) is 7.72. The molecule has 3 atom stereocenters. The molecule has 1 saturated heterocycles. The summed E-state index contributed by atoms with van der Waals surface area (Å²) in [6.45, 7) is 12.0. The normalized spacial score (nSPS) is 25.5. The SMILES string of the molecule is CCCNC(CCN1CC(C)CC1C)C(=O)OCC. The number of hydrogen-bond acceptors (Lipinski definition) is 4. The second-order valence-corrected chi connectivity index (χ2v) is 5.73. The lowest BCUT2D eigenvalue weighted by Gasteiger charge is -2.24. The highest BCUT2D eigenvalue weighted by molar-refractivity contribution is 5.75. The second kappa shape index (κ2) is 8.54. The number of nitrogens with one attached hydrogen (secondary N) is 1. The molecule has 0 radical (unpaired) electrons. The smallest absolute Gasteiger partial charge is 0.323 e. The van der Waals surface area contributed by atoms with Crippen LogP contribution < -0.4 is 5.32 Å². The van der Waals surface area contributed by atoms with Gasteiger partial charge in [0, 0.05) is 19.1 Å². The zero-order chi connectivity index (χ0) is 14.3. The van der Waals surface area contributed by atoms with Gasteiger partial charge in [0.25, 0.3) is 0 Å². The van der Waals surface area contributed by atoms with Crippen molar-refractivity contribution in [1.82, 2.24) is 10.2 Å². The summed E-state index contributed by atoms with van der Waals surface area (Å²) in [5.41, 5.74) is 0. The summed E-state index contributed by atoms with van der Waals surface area (Å²) in [5, 5.41) is 3.30. The molecule has 1 N–H and O–H groups in total. The van der Waals surface area contributed by atoms with Crippen molar-refractivity contribution in [1.29, 1.82) is 0 Å². The maximum atomic E-state index is 11.9. The Balaban J connectivity index is 2.41. The fraction of sp³-hybridized carbons (Fsp3) is 0.933. The monoisotopic (exact) mass is 270 g/mol. The second-order valence-electron chi connectivity index (χ2n) is 5.73. The molecule has 3 unspecified atom stereocenters. The number of carbonyl (C=O) groups is 1. The first kappa shape index (κ1) is 16.4. The summed E-state index contributed by atoms with van der Waals surface area (Å²) in [7, 11) is 0. The van der Waals surface area contributed by atoms with Crippen LogP contribution >= 0.6 is 0 Å². The van der Waals surface area contributed by atoms with Gasteiger partial charge in [-0.2, -0.15) is 0 Å².